The zero-order valence-corrected chi connectivity index (χ0v) is 15.0. The molecule has 0 aliphatic carbocycles. The maximum atomic E-state index is 10.5. The third-order valence-corrected chi connectivity index (χ3v) is 4.49. The van der Waals surface area contributed by atoms with Gasteiger partial charge in [0.15, 0.2) is 0 Å². The lowest BCUT2D eigenvalue weighted by molar-refractivity contribution is 0.216. The fourth-order valence-electron chi connectivity index (χ4n) is 1.99. The molecule has 7 nitrogen and oxygen atoms in total. The Balaban J connectivity index is 0.000000186. The first kappa shape index (κ1) is 19.2. The summed E-state index contributed by atoms with van der Waals surface area (Å²) in [5.41, 5.74) is 0.956. The SMILES string of the molecule is COc1cncc(OC[C@@H]2CCN2)c1.Cc1ccc(S(=O)(=O)O)cc1. The van der Waals surface area contributed by atoms with Crippen LogP contribution < -0.4 is 14.8 Å². The molecule has 2 aromatic rings. The molecular weight excluding hydrogens is 344 g/mol. The van der Waals surface area contributed by atoms with Crippen molar-refractivity contribution < 1.29 is 22.4 Å². The standard InChI is InChI=1S/C10H14N2O2.C7H8O3S/c1-13-9-4-10(6-11-5-9)14-7-8-2-3-12-8;1-6-2-4-7(5-3-6)11(8,9)10/h4-6,8,12H,2-3,7H2,1H3;2-5H,1H3,(H,8,9,10)/t8-;/m0./s1. The van der Waals surface area contributed by atoms with Crippen LogP contribution in [0.4, 0.5) is 0 Å². The van der Waals surface area contributed by atoms with Crippen molar-refractivity contribution >= 4 is 10.1 Å². The van der Waals surface area contributed by atoms with Gasteiger partial charge in [-0.3, -0.25) is 9.54 Å². The zero-order chi connectivity index (χ0) is 18.3. The Bertz CT molecular complexity index is 774. The second-order valence-electron chi connectivity index (χ2n) is 5.60. The summed E-state index contributed by atoms with van der Waals surface area (Å²) in [6, 6.07) is 8.33. The van der Waals surface area contributed by atoms with Crippen LogP contribution in [0.5, 0.6) is 11.5 Å². The summed E-state index contributed by atoms with van der Waals surface area (Å²) in [4.78, 5) is 3.94. The molecular formula is C17H22N2O5S. The molecule has 1 fully saturated rings. The number of pyridine rings is 1. The Morgan fingerprint density at radius 1 is 1.24 bits per heavy atom. The van der Waals surface area contributed by atoms with Gasteiger partial charge in [0.05, 0.1) is 24.4 Å². The minimum atomic E-state index is -4.02. The van der Waals surface area contributed by atoms with E-state index in [1.807, 2.05) is 13.0 Å². The molecule has 1 atom stereocenters. The minimum Gasteiger partial charge on any atom is -0.495 e. The maximum Gasteiger partial charge on any atom is 0.294 e. The van der Waals surface area contributed by atoms with E-state index >= 15 is 0 Å². The lowest BCUT2D eigenvalue weighted by Gasteiger charge is -2.27. The van der Waals surface area contributed by atoms with Crippen LogP contribution in [-0.2, 0) is 10.1 Å². The van der Waals surface area contributed by atoms with Crippen LogP contribution in [0, 0.1) is 6.92 Å². The third kappa shape index (κ3) is 6.33. The number of ether oxygens (including phenoxy) is 2. The van der Waals surface area contributed by atoms with Gasteiger partial charge in [-0.05, 0) is 32.0 Å². The Kier molecular flexibility index (Phi) is 6.74. The lowest BCUT2D eigenvalue weighted by atomic mass is 10.1. The quantitative estimate of drug-likeness (QED) is 0.782. The van der Waals surface area contributed by atoms with Crippen LogP contribution in [0.25, 0.3) is 0 Å². The summed E-state index contributed by atoms with van der Waals surface area (Å²) in [6.45, 7) is 3.65. The van der Waals surface area contributed by atoms with Gasteiger partial charge in [0.1, 0.15) is 18.1 Å². The molecule has 8 heteroatoms. The van der Waals surface area contributed by atoms with Crippen molar-refractivity contribution in [2.45, 2.75) is 24.3 Å². The molecule has 0 radical (unpaired) electrons. The molecule has 0 spiro atoms. The zero-order valence-electron chi connectivity index (χ0n) is 14.2. The van der Waals surface area contributed by atoms with Crippen LogP contribution in [0.2, 0.25) is 0 Å². The number of benzene rings is 1. The minimum absolute atomic E-state index is 0.0666. The van der Waals surface area contributed by atoms with E-state index in [4.69, 9.17) is 14.0 Å². The van der Waals surface area contributed by atoms with E-state index in [0.717, 1.165) is 23.6 Å². The number of methoxy groups -OCH3 is 1. The number of nitrogens with one attached hydrogen (secondary N) is 1. The third-order valence-electron chi connectivity index (χ3n) is 3.62. The highest BCUT2D eigenvalue weighted by Gasteiger charge is 2.16. The second kappa shape index (κ2) is 8.80. The number of aryl methyl sites for hydroxylation is 1. The van der Waals surface area contributed by atoms with Gasteiger partial charge in [-0.15, -0.1) is 0 Å². The maximum absolute atomic E-state index is 10.5. The van der Waals surface area contributed by atoms with Gasteiger partial charge in [-0.25, -0.2) is 0 Å². The Hall–Kier alpha value is -2.16. The molecule has 2 N–H and O–H groups in total. The summed E-state index contributed by atoms with van der Waals surface area (Å²) in [6.07, 6.45) is 4.55. The van der Waals surface area contributed by atoms with Gasteiger partial charge >= 0.3 is 0 Å². The van der Waals surface area contributed by atoms with Gasteiger partial charge in [0.25, 0.3) is 10.1 Å². The van der Waals surface area contributed by atoms with Crippen LogP contribution in [0.1, 0.15) is 12.0 Å². The van der Waals surface area contributed by atoms with Crippen LogP contribution in [-0.4, -0.2) is 44.3 Å². The number of hydrogen-bond donors (Lipinski definition) is 2. The van der Waals surface area contributed by atoms with Crippen molar-refractivity contribution in [3.63, 3.8) is 0 Å². The van der Waals surface area contributed by atoms with Crippen molar-refractivity contribution in [2.75, 3.05) is 20.3 Å². The first-order valence-corrected chi connectivity index (χ1v) is 9.22. The molecule has 3 rings (SSSR count). The molecule has 2 heterocycles. The highest BCUT2D eigenvalue weighted by molar-refractivity contribution is 7.85. The molecule has 25 heavy (non-hydrogen) atoms. The normalized spacial score (nSPS) is 16.2. The average molecular weight is 366 g/mol. The van der Waals surface area contributed by atoms with Gasteiger partial charge in [0, 0.05) is 12.1 Å². The largest absolute Gasteiger partial charge is 0.495 e. The van der Waals surface area contributed by atoms with Crippen LogP contribution >= 0.6 is 0 Å². The highest BCUT2D eigenvalue weighted by Crippen LogP contribution is 2.17. The summed E-state index contributed by atoms with van der Waals surface area (Å²) >= 11 is 0. The van der Waals surface area contributed by atoms with E-state index in [2.05, 4.69) is 10.3 Å². The first-order chi connectivity index (χ1) is 11.9. The van der Waals surface area contributed by atoms with Crippen molar-refractivity contribution in [2.24, 2.45) is 0 Å². The van der Waals surface area contributed by atoms with E-state index in [9.17, 15) is 8.42 Å². The van der Waals surface area contributed by atoms with E-state index < -0.39 is 10.1 Å². The van der Waals surface area contributed by atoms with Gasteiger partial charge in [-0.2, -0.15) is 8.42 Å². The molecule has 1 aliphatic heterocycles. The van der Waals surface area contributed by atoms with Crippen molar-refractivity contribution in [1.29, 1.82) is 0 Å². The molecule has 1 saturated heterocycles. The van der Waals surface area contributed by atoms with E-state index in [-0.39, 0.29) is 4.90 Å². The monoisotopic (exact) mass is 366 g/mol. The van der Waals surface area contributed by atoms with Gasteiger partial charge in [-0.1, -0.05) is 17.7 Å². The van der Waals surface area contributed by atoms with E-state index in [1.54, 1.807) is 31.6 Å². The molecule has 0 bridgehead atoms. The lowest BCUT2D eigenvalue weighted by Crippen LogP contribution is -2.46. The molecule has 1 aromatic heterocycles. The summed E-state index contributed by atoms with van der Waals surface area (Å²) in [7, 11) is -2.40. The van der Waals surface area contributed by atoms with Crippen LogP contribution in [0.15, 0.2) is 47.6 Å². The van der Waals surface area contributed by atoms with Gasteiger partial charge < -0.3 is 14.8 Å². The summed E-state index contributed by atoms with van der Waals surface area (Å²) in [5.74, 6) is 1.49. The van der Waals surface area contributed by atoms with Crippen molar-refractivity contribution in [1.82, 2.24) is 10.3 Å². The van der Waals surface area contributed by atoms with Crippen LogP contribution in [0.3, 0.4) is 0 Å². The molecule has 0 unspecified atom stereocenters. The Morgan fingerprint density at radius 2 is 1.88 bits per heavy atom. The number of rotatable bonds is 5. The molecule has 1 aliphatic rings. The molecule has 0 saturated carbocycles. The highest BCUT2D eigenvalue weighted by atomic mass is 32.2. The van der Waals surface area contributed by atoms with Crippen molar-refractivity contribution in [3.05, 3.63) is 48.3 Å². The molecule has 1 aromatic carbocycles. The smallest absolute Gasteiger partial charge is 0.294 e. The van der Waals surface area contributed by atoms with Gasteiger partial charge in [0.2, 0.25) is 0 Å². The fraction of sp³-hybridized carbons (Fsp3) is 0.353. The molecule has 0 amide bonds. The Morgan fingerprint density at radius 3 is 2.40 bits per heavy atom. The summed E-state index contributed by atoms with van der Waals surface area (Å²) < 4.78 is 40.1. The van der Waals surface area contributed by atoms with E-state index in [0.29, 0.717) is 12.6 Å². The Labute approximate surface area is 147 Å². The van der Waals surface area contributed by atoms with E-state index in [1.165, 1.54) is 18.6 Å². The first-order valence-electron chi connectivity index (χ1n) is 7.78. The van der Waals surface area contributed by atoms with Crippen molar-refractivity contribution in [3.8, 4) is 11.5 Å². The predicted octanol–water partition coefficient (Wildman–Crippen LogP) is 2.07. The molecule has 136 valence electrons. The second-order valence-corrected chi connectivity index (χ2v) is 7.02. The number of aromatic nitrogens is 1. The average Bonchev–Trinajstić information content (AvgIpc) is 2.54. The number of hydrogen-bond acceptors (Lipinski definition) is 6. The topological polar surface area (TPSA) is 97.8 Å². The fourth-order valence-corrected chi connectivity index (χ4v) is 2.47. The summed E-state index contributed by atoms with van der Waals surface area (Å²) in [5, 5.41) is 3.27. The number of nitrogens with zero attached hydrogens (tertiary/aromatic N) is 1. The predicted molar refractivity (Wildman–Crippen MR) is 93.7 cm³/mol.